The predicted molar refractivity (Wildman–Crippen MR) is 102 cm³/mol. The molecule has 8 nitrogen and oxygen atoms in total. The van der Waals surface area contributed by atoms with E-state index in [1.54, 1.807) is 6.20 Å². The summed E-state index contributed by atoms with van der Waals surface area (Å²) in [6.07, 6.45) is 12.1. The summed E-state index contributed by atoms with van der Waals surface area (Å²) in [5, 5.41) is 0. The Morgan fingerprint density at radius 2 is 1.96 bits per heavy atom. The molecule has 0 aromatic carbocycles. The minimum atomic E-state index is -0.311. The highest BCUT2D eigenvalue weighted by Crippen LogP contribution is 2.41. The smallest absolute Gasteiger partial charge is 0.225 e. The second-order valence-corrected chi connectivity index (χ2v) is 7.44. The van der Waals surface area contributed by atoms with E-state index >= 15 is 0 Å². The van der Waals surface area contributed by atoms with Crippen LogP contribution in [-0.4, -0.2) is 58.1 Å². The van der Waals surface area contributed by atoms with Crippen molar-refractivity contribution in [3.05, 3.63) is 42.2 Å². The maximum absolute atomic E-state index is 6.35. The fourth-order valence-corrected chi connectivity index (χ4v) is 4.16. The Bertz CT molecular complexity index is 975. The summed E-state index contributed by atoms with van der Waals surface area (Å²) < 4.78 is 8.44. The minimum Gasteiger partial charge on any atom is -0.368 e. The summed E-state index contributed by atoms with van der Waals surface area (Å²) in [4.78, 5) is 22.4. The molecule has 0 unspecified atom stereocenters. The van der Waals surface area contributed by atoms with E-state index in [9.17, 15) is 0 Å². The Morgan fingerprint density at radius 1 is 1.11 bits per heavy atom. The number of rotatable bonds is 2. The maximum atomic E-state index is 6.35. The first kappa shape index (κ1) is 16.4. The zero-order valence-electron chi connectivity index (χ0n) is 15.7. The molecule has 0 radical (unpaired) electrons. The average Bonchev–Trinajstić information content (AvgIpc) is 3.18. The summed E-state index contributed by atoms with van der Waals surface area (Å²) in [6, 6.07) is 0. The van der Waals surface area contributed by atoms with Gasteiger partial charge in [-0.15, -0.1) is 0 Å². The van der Waals surface area contributed by atoms with Crippen molar-refractivity contribution < 1.29 is 4.74 Å². The Kier molecular flexibility index (Phi) is 3.75. The fourth-order valence-electron chi connectivity index (χ4n) is 4.16. The largest absolute Gasteiger partial charge is 0.368 e. The van der Waals surface area contributed by atoms with Gasteiger partial charge in [0.25, 0.3) is 0 Å². The molecule has 27 heavy (non-hydrogen) atoms. The van der Waals surface area contributed by atoms with E-state index in [0.29, 0.717) is 0 Å². The van der Waals surface area contributed by atoms with Crippen LogP contribution in [0, 0.1) is 0 Å². The predicted octanol–water partition coefficient (Wildman–Crippen LogP) is 1.65. The third-order valence-corrected chi connectivity index (χ3v) is 5.62. The maximum Gasteiger partial charge on any atom is 0.225 e. The van der Waals surface area contributed by atoms with Crippen LogP contribution in [-0.2, 0) is 16.8 Å². The van der Waals surface area contributed by atoms with Gasteiger partial charge in [-0.2, -0.15) is 0 Å². The van der Waals surface area contributed by atoms with Crippen molar-refractivity contribution in [2.24, 2.45) is 0 Å². The van der Waals surface area contributed by atoms with Gasteiger partial charge < -0.3 is 14.5 Å². The highest BCUT2D eigenvalue weighted by molar-refractivity contribution is 5.49. The van der Waals surface area contributed by atoms with Gasteiger partial charge >= 0.3 is 0 Å². The van der Waals surface area contributed by atoms with Crippen LogP contribution >= 0.6 is 0 Å². The van der Waals surface area contributed by atoms with E-state index < -0.39 is 0 Å². The molecular weight excluding hydrogens is 342 g/mol. The average molecular weight is 365 g/mol. The molecule has 1 saturated heterocycles. The fraction of sp³-hybridized carbons (Fsp3) is 0.474. The molecule has 3 aromatic rings. The van der Waals surface area contributed by atoms with Crippen molar-refractivity contribution in [2.75, 3.05) is 43.6 Å². The first-order chi connectivity index (χ1) is 13.2. The number of piperidine rings is 1. The number of ether oxygens (including phenoxy) is 1. The van der Waals surface area contributed by atoms with Crippen molar-refractivity contribution in [1.29, 1.82) is 0 Å². The van der Waals surface area contributed by atoms with E-state index in [-0.39, 0.29) is 5.60 Å². The van der Waals surface area contributed by atoms with Crippen LogP contribution in [0.2, 0.25) is 0 Å². The van der Waals surface area contributed by atoms with Crippen molar-refractivity contribution in [3.63, 3.8) is 0 Å². The van der Waals surface area contributed by atoms with Crippen molar-refractivity contribution in [2.45, 2.75) is 24.9 Å². The normalized spacial score (nSPS) is 18.7. The summed E-state index contributed by atoms with van der Waals surface area (Å²) >= 11 is 0. The zero-order chi connectivity index (χ0) is 18.4. The molecule has 3 aromatic heterocycles. The molecule has 140 valence electrons. The Morgan fingerprint density at radius 3 is 2.78 bits per heavy atom. The van der Waals surface area contributed by atoms with Gasteiger partial charge in [0, 0.05) is 45.8 Å². The van der Waals surface area contributed by atoms with Crippen LogP contribution in [0.1, 0.15) is 24.1 Å². The molecule has 0 saturated carbocycles. The molecule has 0 amide bonds. The van der Waals surface area contributed by atoms with Crippen molar-refractivity contribution in [1.82, 2.24) is 24.3 Å². The Labute approximate surface area is 157 Å². The lowest BCUT2D eigenvalue weighted by molar-refractivity contribution is -0.0801. The van der Waals surface area contributed by atoms with Gasteiger partial charge in [0.15, 0.2) is 5.65 Å². The van der Waals surface area contributed by atoms with E-state index in [1.807, 2.05) is 43.8 Å². The molecular formula is C19H23N7O. The monoisotopic (exact) mass is 365 g/mol. The number of imidazole rings is 1. The minimum absolute atomic E-state index is 0.311. The molecule has 0 aliphatic carbocycles. The third kappa shape index (κ3) is 2.63. The molecule has 0 atom stereocenters. The van der Waals surface area contributed by atoms with E-state index in [1.165, 1.54) is 5.56 Å². The van der Waals surface area contributed by atoms with E-state index in [4.69, 9.17) is 9.72 Å². The molecule has 2 aliphatic heterocycles. The number of aromatic nitrogens is 5. The standard InChI is InChI=1S/C19H23N7O/c1-24(2)18-22-11-14-3-10-27-19(17(14)23-18)4-7-25(8-5-19)16-13-20-12-15-21-6-9-26(15)16/h6,9,11-13H,3-5,7-8,10H2,1-2H3. The summed E-state index contributed by atoms with van der Waals surface area (Å²) in [5.74, 6) is 1.82. The molecule has 1 fully saturated rings. The molecule has 1 spiro atoms. The molecule has 0 bridgehead atoms. The quantitative estimate of drug-likeness (QED) is 0.684. The second-order valence-electron chi connectivity index (χ2n) is 7.44. The van der Waals surface area contributed by atoms with Gasteiger partial charge in [-0.1, -0.05) is 0 Å². The van der Waals surface area contributed by atoms with Crippen molar-refractivity contribution in [3.8, 4) is 0 Å². The van der Waals surface area contributed by atoms with Gasteiger partial charge in [0.05, 0.1) is 24.7 Å². The number of nitrogens with zero attached hydrogens (tertiary/aromatic N) is 7. The van der Waals surface area contributed by atoms with Crippen LogP contribution in [0.15, 0.2) is 31.0 Å². The number of anilines is 2. The topological polar surface area (TPSA) is 71.7 Å². The van der Waals surface area contributed by atoms with Gasteiger partial charge in [0.1, 0.15) is 11.4 Å². The third-order valence-electron chi connectivity index (χ3n) is 5.62. The van der Waals surface area contributed by atoms with E-state index in [0.717, 1.165) is 62.1 Å². The lowest BCUT2D eigenvalue weighted by Crippen LogP contribution is -2.47. The zero-order valence-corrected chi connectivity index (χ0v) is 15.7. The summed E-state index contributed by atoms with van der Waals surface area (Å²) in [5.41, 5.74) is 2.86. The summed E-state index contributed by atoms with van der Waals surface area (Å²) in [6.45, 7) is 2.51. The highest BCUT2D eigenvalue weighted by atomic mass is 16.5. The number of fused-ring (bicyclic) bond motifs is 3. The molecule has 5 heterocycles. The first-order valence-electron chi connectivity index (χ1n) is 9.36. The Balaban J connectivity index is 1.45. The van der Waals surface area contributed by atoms with Gasteiger partial charge in [-0.05, 0) is 24.8 Å². The first-order valence-corrected chi connectivity index (χ1v) is 9.36. The second kappa shape index (κ2) is 6.16. The lowest BCUT2D eigenvalue weighted by atomic mass is 9.83. The van der Waals surface area contributed by atoms with Gasteiger partial charge in [0.2, 0.25) is 5.95 Å². The van der Waals surface area contributed by atoms with Gasteiger partial charge in [-0.25, -0.2) is 15.0 Å². The lowest BCUT2D eigenvalue weighted by Gasteiger charge is -2.44. The van der Waals surface area contributed by atoms with E-state index in [2.05, 4.69) is 24.3 Å². The van der Waals surface area contributed by atoms with Crippen LogP contribution in [0.3, 0.4) is 0 Å². The number of hydrogen-bond donors (Lipinski definition) is 0. The molecule has 0 N–H and O–H groups in total. The highest BCUT2D eigenvalue weighted by Gasteiger charge is 2.43. The molecule has 5 rings (SSSR count). The summed E-state index contributed by atoms with van der Waals surface area (Å²) in [7, 11) is 3.94. The van der Waals surface area contributed by atoms with Crippen LogP contribution in [0.25, 0.3) is 5.65 Å². The molecule has 2 aliphatic rings. The number of hydrogen-bond acceptors (Lipinski definition) is 7. The SMILES string of the molecule is CN(C)c1ncc2c(n1)C1(CCN(c3cncc4nccn34)CC1)OCC2. The van der Waals surface area contributed by atoms with Crippen LogP contribution in [0.4, 0.5) is 11.8 Å². The van der Waals surface area contributed by atoms with Crippen LogP contribution < -0.4 is 9.80 Å². The molecule has 8 heteroatoms. The van der Waals surface area contributed by atoms with Crippen molar-refractivity contribution >= 4 is 17.4 Å². The van der Waals surface area contributed by atoms with Crippen LogP contribution in [0.5, 0.6) is 0 Å². The Hall–Kier alpha value is -2.74. The van der Waals surface area contributed by atoms with Gasteiger partial charge in [-0.3, -0.25) is 9.38 Å².